The van der Waals surface area contributed by atoms with E-state index >= 15 is 0 Å². The van der Waals surface area contributed by atoms with Gasteiger partial charge in [-0.2, -0.15) is 5.10 Å². The predicted molar refractivity (Wildman–Crippen MR) is 83.2 cm³/mol. The van der Waals surface area contributed by atoms with Gasteiger partial charge in [0.2, 0.25) is 0 Å². The predicted octanol–water partition coefficient (Wildman–Crippen LogP) is 3.93. The van der Waals surface area contributed by atoms with Crippen LogP contribution >= 0.6 is 23.2 Å². The summed E-state index contributed by atoms with van der Waals surface area (Å²) in [6, 6.07) is 13.0. The van der Waals surface area contributed by atoms with E-state index in [9.17, 15) is 0 Å². The van der Waals surface area contributed by atoms with E-state index in [1.165, 1.54) is 0 Å². The summed E-state index contributed by atoms with van der Waals surface area (Å²) >= 11 is 12.3. The highest BCUT2D eigenvalue weighted by Gasteiger charge is 2.20. The lowest BCUT2D eigenvalue weighted by Gasteiger charge is -2.12. The molecule has 0 saturated heterocycles. The smallest absolute Gasteiger partial charge is 0.0916 e. The van der Waals surface area contributed by atoms with Crippen molar-refractivity contribution in [2.24, 2.45) is 12.8 Å². The van der Waals surface area contributed by atoms with Crippen LogP contribution in [0.15, 0.2) is 42.5 Å². The molecule has 0 aliphatic carbocycles. The first-order chi connectivity index (χ1) is 9.59. The maximum atomic E-state index is 6.35. The highest BCUT2D eigenvalue weighted by Crippen LogP contribution is 2.33. The van der Waals surface area contributed by atoms with Crippen LogP contribution in [-0.4, -0.2) is 9.78 Å². The van der Waals surface area contributed by atoms with E-state index in [2.05, 4.69) is 5.10 Å². The quantitative estimate of drug-likeness (QED) is 0.779. The summed E-state index contributed by atoms with van der Waals surface area (Å²) in [5.74, 6) is 0. The Morgan fingerprint density at radius 2 is 1.85 bits per heavy atom. The molecule has 1 heterocycles. The van der Waals surface area contributed by atoms with Gasteiger partial charge in [0.05, 0.1) is 27.3 Å². The number of nitrogens with two attached hydrogens (primary N) is 1. The number of rotatable bonds is 2. The largest absolute Gasteiger partial charge is 0.319 e. The van der Waals surface area contributed by atoms with E-state index in [0.717, 1.165) is 22.2 Å². The molecule has 20 heavy (non-hydrogen) atoms. The van der Waals surface area contributed by atoms with Crippen LogP contribution < -0.4 is 5.73 Å². The number of aryl methyl sites for hydroxylation is 1. The fourth-order valence-electron chi connectivity index (χ4n) is 2.38. The van der Waals surface area contributed by atoms with E-state index in [0.29, 0.717) is 10.0 Å². The summed E-state index contributed by atoms with van der Waals surface area (Å²) in [6.07, 6.45) is 0. The van der Waals surface area contributed by atoms with Crippen LogP contribution in [0.5, 0.6) is 0 Å². The van der Waals surface area contributed by atoms with Gasteiger partial charge in [-0.15, -0.1) is 0 Å². The molecule has 1 atom stereocenters. The van der Waals surface area contributed by atoms with Gasteiger partial charge in [-0.25, -0.2) is 0 Å². The van der Waals surface area contributed by atoms with Crippen LogP contribution in [0.1, 0.15) is 17.3 Å². The van der Waals surface area contributed by atoms with E-state index < -0.39 is 6.04 Å². The van der Waals surface area contributed by atoms with E-state index in [1.807, 2.05) is 48.1 Å². The van der Waals surface area contributed by atoms with E-state index in [4.69, 9.17) is 28.9 Å². The molecule has 102 valence electrons. The van der Waals surface area contributed by atoms with Crippen molar-refractivity contribution < 1.29 is 0 Å². The molecular weight excluding hydrogens is 293 g/mol. The monoisotopic (exact) mass is 305 g/mol. The Kier molecular flexibility index (Phi) is 3.42. The van der Waals surface area contributed by atoms with Crippen LogP contribution in [0.3, 0.4) is 0 Å². The van der Waals surface area contributed by atoms with Gasteiger partial charge in [-0.3, -0.25) is 4.68 Å². The molecule has 2 aromatic carbocycles. The lowest BCUT2D eigenvalue weighted by atomic mass is 10.0. The fraction of sp³-hybridized carbons (Fsp3) is 0.133. The molecule has 0 aliphatic rings. The van der Waals surface area contributed by atoms with Crippen LogP contribution in [0.25, 0.3) is 10.9 Å². The SMILES string of the molecule is Cn1nc(C(N)c2cccc(Cl)c2Cl)c2ccccc21. The third-order valence-electron chi connectivity index (χ3n) is 3.40. The standard InChI is InChI=1S/C15H13Cl2N3/c1-20-12-8-3-2-5-9(12)15(19-20)14(18)10-6-4-7-11(16)13(10)17/h2-8,14H,18H2,1H3. The minimum atomic E-state index is -0.410. The topological polar surface area (TPSA) is 43.8 Å². The summed E-state index contributed by atoms with van der Waals surface area (Å²) in [5.41, 5.74) is 8.96. The summed E-state index contributed by atoms with van der Waals surface area (Å²) in [5, 5.41) is 6.54. The number of hydrogen-bond donors (Lipinski definition) is 1. The molecule has 0 fully saturated rings. The zero-order valence-corrected chi connectivity index (χ0v) is 12.4. The van der Waals surface area contributed by atoms with Gasteiger partial charge in [0.15, 0.2) is 0 Å². The maximum Gasteiger partial charge on any atom is 0.0916 e. The summed E-state index contributed by atoms with van der Waals surface area (Å²) < 4.78 is 1.82. The third kappa shape index (κ3) is 2.08. The normalized spacial score (nSPS) is 12.8. The molecule has 0 aliphatic heterocycles. The molecule has 0 saturated carbocycles. The average Bonchev–Trinajstić information content (AvgIpc) is 2.79. The van der Waals surface area contributed by atoms with Gasteiger partial charge in [0.25, 0.3) is 0 Å². The summed E-state index contributed by atoms with van der Waals surface area (Å²) in [7, 11) is 1.90. The zero-order chi connectivity index (χ0) is 14.3. The molecule has 3 nitrogen and oxygen atoms in total. The maximum absolute atomic E-state index is 6.35. The van der Waals surface area contributed by atoms with Crippen molar-refractivity contribution in [3.05, 3.63) is 63.8 Å². The lowest BCUT2D eigenvalue weighted by Crippen LogP contribution is -2.14. The average molecular weight is 306 g/mol. The molecule has 0 bridgehead atoms. The summed E-state index contributed by atoms with van der Waals surface area (Å²) in [6.45, 7) is 0. The zero-order valence-electron chi connectivity index (χ0n) is 10.8. The van der Waals surface area contributed by atoms with Gasteiger partial charge in [-0.1, -0.05) is 53.5 Å². The molecular formula is C15H13Cl2N3. The number of nitrogens with zero attached hydrogens (tertiary/aromatic N) is 2. The van der Waals surface area contributed by atoms with Crippen molar-refractivity contribution in [3.63, 3.8) is 0 Å². The Balaban J connectivity index is 2.18. The first kappa shape index (κ1) is 13.4. The minimum Gasteiger partial charge on any atom is -0.319 e. The second-order valence-electron chi connectivity index (χ2n) is 4.65. The first-order valence-corrected chi connectivity index (χ1v) is 6.96. The number of hydrogen-bond acceptors (Lipinski definition) is 2. The third-order valence-corrected chi connectivity index (χ3v) is 4.23. The van der Waals surface area contributed by atoms with Crippen molar-refractivity contribution in [2.45, 2.75) is 6.04 Å². The molecule has 5 heteroatoms. The number of para-hydroxylation sites is 1. The van der Waals surface area contributed by atoms with Crippen molar-refractivity contribution in [1.29, 1.82) is 0 Å². The Bertz CT molecular complexity index is 780. The Morgan fingerprint density at radius 3 is 2.65 bits per heavy atom. The van der Waals surface area contributed by atoms with Gasteiger partial charge in [-0.05, 0) is 17.7 Å². The van der Waals surface area contributed by atoms with Gasteiger partial charge in [0, 0.05) is 12.4 Å². The minimum absolute atomic E-state index is 0.410. The van der Waals surface area contributed by atoms with Crippen LogP contribution in [-0.2, 0) is 7.05 Å². The second-order valence-corrected chi connectivity index (χ2v) is 5.43. The molecule has 0 spiro atoms. The molecule has 1 unspecified atom stereocenters. The fourth-order valence-corrected chi connectivity index (χ4v) is 2.80. The van der Waals surface area contributed by atoms with E-state index in [-0.39, 0.29) is 0 Å². The lowest BCUT2D eigenvalue weighted by molar-refractivity contribution is 0.732. The van der Waals surface area contributed by atoms with Crippen molar-refractivity contribution in [1.82, 2.24) is 9.78 Å². The van der Waals surface area contributed by atoms with Crippen molar-refractivity contribution >= 4 is 34.1 Å². The van der Waals surface area contributed by atoms with Crippen LogP contribution in [0, 0.1) is 0 Å². The van der Waals surface area contributed by atoms with Crippen LogP contribution in [0.2, 0.25) is 10.0 Å². The number of aromatic nitrogens is 2. The number of benzene rings is 2. The Hall–Kier alpha value is -1.55. The van der Waals surface area contributed by atoms with Crippen molar-refractivity contribution in [2.75, 3.05) is 0 Å². The van der Waals surface area contributed by atoms with Crippen LogP contribution in [0.4, 0.5) is 0 Å². The highest BCUT2D eigenvalue weighted by molar-refractivity contribution is 6.42. The molecule has 0 radical (unpaired) electrons. The highest BCUT2D eigenvalue weighted by atomic mass is 35.5. The van der Waals surface area contributed by atoms with Gasteiger partial charge >= 0.3 is 0 Å². The molecule has 0 amide bonds. The Morgan fingerprint density at radius 1 is 1.10 bits per heavy atom. The second kappa shape index (κ2) is 5.09. The Labute approximate surface area is 126 Å². The van der Waals surface area contributed by atoms with Crippen molar-refractivity contribution in [3.8, 4) is 0 Å². The molecule has 1 aromatic heterocycles. The molecule has 2 N–H and O–H groups in total. The molecule has 3 rings (SSSR count). The number of halogens is 2. The van der Waals surface area contributed by atoms with Gasteiger partial charge < -0.3 is 5.73 Å². The first-order valence-electron chi connectivity index (χ1n) is 6.20. The number of fused-ring (bicyclic) bond motifs is 1. The van der Waals surface area contributed by atoms with Gasteiger partial charge in [0.1, 0.15) is 0 Å². The molecule has 3 aromatic rings. The van der Waals surface area contributed by atoms with E-state index in [1.54, 1.807) is 6.07 Å². The summed E-state index contributed by atoms with van der Waals surface area (Å²) in [4.78, 5) is 0.